The molecule has 0 aromatic carbocycles. The van der Waals surface area contributed by atoms with Gasteiger partial charge in [-0.3, -0.25) is 0 Å². The molecule has 0 amide bonds. The van der Waals surface area contributed by atoms with E-state index in [0.717, 1.165) is 5.71 Å². The van der Waals surface area contributed by atoms with Gasteiger partial charge in [0, 0.05) is 0 Å². The highest BCUT2D eigenvalue weighted by Gasteiger charge is 2.17. The smallest absolute Gasteiger partial charge is 0.129 e. The molecule has 0 aliphatic heterocycles. The van der Waals surface area contributed by atoms with Crippen LogP contribution in [0.1, 0.15) is 41.5 Å². The van der Waals surface area contributed by atoms with Crippen molar-refractivity contribution in [2.45, 2.75) is 52.7 Å². The van der Waals surface area contributed by atoms with Crippen LogP contribution < -0.4 is 5.73 Å². The number of oxime groups is 1. The lowest BCUT2D eigenvalue weighted by atomic mass is 10.0. The van der Waals surface area contributed by atoms with E-state index in [0.29, 0.717) is 0 Å². The van der Waals surface area contributed by atoms with Gasteiger partial charge >= 0.3 is 0 Å². The molecule has 0 unspecified atom stereocenters. The molecule has 0 aromatic heterocycles. The van der Waals surface area contributed by atoms with Gasteiger partial charge in [-0.15, -0.1) is 0 Å². The molecule has 0 aromatic rings. The van der Waals surface area contributed by atoms with Crippen LogP contribution in [0.25, 0.3) is 0 Å². The highest BCUT2D eigenvalue weighted by Crippen LogP contribution is 2.09. The molecule has 0 heterocycles. The van der Waals surface area contributed by atoms with E-state index < -0.39 is 5.54 Å². The number of hydrogen-bond acceptors (Lipinski definition) is 3. The molecule has 0 saturated heterocycles. The topological polar surface area (TPSA) is 47.6 Å². The predicted molar refractivity (Wildman–Crippen MR) is 52.2 cm³/mol. The van der Waals surface area contributed by atoms with Gasteiger partial charge in [0.15, 0.2) is 0 Å². The summed E-state index contributed by atoms with van der Waals surface area (Å²) in [6.07, 6.45) is 0. The van der Waals surface area contributed by atoms with Gasteiger partial charge in [-0.25, -0.2) is 0 Å². The van der Waals surface area contributed by atoms with Crippen molar-refractivity contribution in [3.63, 3.8) is 0 Å². The fourth-order valence-electron chi connectivity index (χ4n) is 0.323. The number of hydrogen-bond donors (Lipinski definition) is 1. The summed E-state index contributed by atoms with van der Waals surface area (Å²) in [6, 6.07) is 0. The summed E-state index contributed by atoms with van der Waals surface area (Å²) in [5.74, 6) is 0. The maximum atomic E-state index is 5.80. The highest BCUT2D eigenvalue weighted by atomic mass is 16.6. The van der Waals surface area contributed by atoms with Crippen molar-refractivity contribution in [3.05, 3.63) is 0 Å². The number of rotatable bonds is 2. The lowest BCUT2D eigenvalue weighted by molar-refractivity contribution is -0.0000742. The van der Waals surface area contributed by atoms with Crippen LogP contribution >= 0.6 is 0 Å². The van der Waals surface area contributed by atoms with E-state index >= 15 is 0 Å². The summed E-state index contributed by atoms with van der Waals surface area (Å²) in [5.41, 5.74) is 5.96. The van der Waals surface area contributed by atoms with Gasteiger partial charge in [0.05, 0.1) is 11.3 Å². The van der Waals surface area contributed by atoms with E-state index in [1.54, 1.807) is 0 Å². The van der Waals surface area contributed by atoms with Gasteiger partial charge < -0.3 is 10.6 Å². The van der Waals surface area contributed by atoms with Gasteiger partial charge in [-0.05, 0) is 41.5 Å². The Hall–Kier alpha value is -0.570. The molecule has 2 N–H and O–H groups in total. The summed E-state index contributed by atoms with van der Waals surface area (Å²) in [6.45, 7) is 11.5. The molecule has 0 aliphatic rings. The van der Waals surface area contributed by atoms with Crippen molar-refractivity contribution in [1.82, 2.24) is 0 Å². The molecule has 0 aliphatic carbocycles. The number of nitrogens with two attached hydrogens (primary N) is 1. The van der Waals surface area contributed by atoms with Crippen LogP contribution in [0.15, 0.2) is 5.16 Å². The van der Waals surface area contributed by atoms with Crippen molar-refractivity contribution < 1.29 is 4.84 Å². The zero-order valence-corrected chi connectivity index (χ0v) is 8.93. The molecule has 0 saturated carbocycles. The van der Waals surface area contributed by atoms with Crippen LogP contribution in [0.3, 0.4) is 0 Å². The molecule has 0 atom stereocenters. The predicted octanol–water partition coefficient (Wildman–Crippen LogP) is 1.91. The molecule has 0 rings (SSSR count). The first-order chi connectivity index (χ1) is 5.13. The molecule has 0 radical (unpaired) electrons. The average molecular weight is 172 g/mol. The molecule has 0 fully saturated rings. The van der Waals surface area contributed by atoms with Gasteiger partial charge in [0.25, 0.3) is 0 Å². The SMILES string of the molecule is CC(=NOC(C)(C)C)C(C)(C)N. The fraction of sp³-hybridized carbons (Fsp3) is 0.889. The highest BCUT2D eigenvalue weighted by molar-refractivity contribution is 5.89. The average Bonchev–Trinajstić information content (AvgIpc) is 1.78. The lowest BCUT2D eigenvalue weighted by Crippen LogP contribution is -2.40. The second kappa shape index (κ2) is 3.44. The Kier molecular flexibility index (Phi) is 3.27. The molecule has 3 nitrogen and oxygen atoms in total. The fourth-order valence-corrected chi connectivity index (χ4v) is 0.323. The molecule has 0 bridgehead atoms. The van der Waals surface area contributed by atoms with E-state index in [1.165, 1.54) is 0 Å². The minimum Gasteiger partial charge on any atom is -0.390 e. The summed E-state index contributed by atoms with van der Waals surface area (Å²) >= 11 is 0. The van der Waals surface area contributed by atoms with Crippen LogP contribution in [0, 0.1) is 0 Å². The standard InChI is InChI=1S/C9H20N2O/c1-7(9(5,6)10)11-12-8(2,3)4/h10H2,1-6H3. The zero-order chi connectivity index (χ0) is 9.99. The van der Waals surface area contributed by atoms with Gasteiger partial charge in [-0.2, -0.15) is 0 Å². The third kappa shape index (κ3) is 5.13. The summed E-state index contributed by atoms with van der Waals surface area (Å²) < 4.78 is 0. The second-order valence-electron chi connectivity index (χ2n) is 4.60. The normalized spacial score (nSPS) is 14.8. The Morgan fingerprint density at radius 2 is 1.58 bits per heavy atom. The third-order valence-electron chi connectivity index (χ3n) is 1.39. The van der Waals surface area contributed by atoms with E-state index in [2.05, 4.69) is 5.16 Å². The molecule has 3 heteroatoms. The Balaban J connectivity index is 4.21. The molecule has 72 valence electrons. The maximum absolute atomic E-state index is 5.80. The van der Waals surface area contributed by atoms with E-state index in [4.69, 9.17) is 10.6 Å². The van der Waals surface area contributed by atoms with Gasteiger partial charge in [0.2, 0.25) is 0 Å². The van der Waals surface area contributed by atoms with Crippen LogP contribution in [0.5, 0.6) is 0 Å². The monoisotopic (exact) mass is 172 g/mol. The van der Waals surface area contributed by atoms with Gasteiger partial charge in [0.1, 0.15) is 5.60 Å². The zero-order valence-electron chi connectivity index (χ0n) is 8.93. The van der Waals surface area contributed by atoms with Gasteiger partial charge in [-0.1, -0.05) is 5.16 Å². The quantitative estimate of drug-likeness (QED) is 0.511. The minimum absolute atomic E-state index is 0.244. The van der Waals surface area contributed by atoms with Crippen LogP contribution in [0.2, 0.25) is 0 Å². The van der Waals surface area contributed by atoms with Crippen molar-refractivity contribution >= 4 is 5.71 Å². The van der Waals surface area contributed by atoms with E-state index in [-0.39, 0.29) is 5.60 Å². The Morgan fingerprint density at radius 1 is 1.17 bits per heavy atom. The maximum Gasteiger partial charge on any atom is 0.129 e. The van der Waals surface area contributed by atoms with Crippen molar-refractivity contribution in [1.29, 1.82) is 0 Å². The summed E-state index contributed by atoms with van der Waals surface area (Å²) in [7, 11) is 0. The molecule has 12 heavy (non-hydrogen) atoms. The van der Waals surface area contributed by atoms with Crippen molar-refractivity contribution in [2.75, 3.05) is 0 Å². The largest absolute Gasteiger partial charge is 0.390 e. The first-order valence-corrected chi connectivity index (χ1v) is 4.15. The molecular weight excluding hydrogens is 152 g/mol. The number of nitrogens with zero attached hydrogens (tertiary/aromatic N) is 1. The molecule has 0 spiro atoms. The van der Waals surface area contributed by atoms with Crippen molar-refractivity contribution in [2.24, 2.45) is 10.9 Å². The summed E-state index contributed by atoms with van der Waals surface area (Å²) in [4.78, 5) is 5.23. The Morgan fingerprint density at radius 3 is 1.83 bits per heavy atom. The van der Waals surface area contributed by atoms with Crippen LogP contribution in [0.4, 0.5) is 0 Å². The summed E-state index contributed by atoms with van der Waals surface area (Å²) in [5, 5.41) is 3.96. The van der Waals surface area contributed by atoms with Crippen LogP contribution in [-0.4, -0.2) is 16.9 Å². The lowest BCUT2D eigenvalue weighted by Gasteiger charge is -2.21. The first kappa shape index (κ1) is 11.4. The van der Waals surface area contributed by atoms with E-state index in [9.17, 15) is 0 Å². The van der Waals surface area contributed by atoms with Crippen LogP contribution in [-0.2, 0) is 4.84 Å². The Labute approximate surface area is 75.0 Å². The second-order valence-corrected chi connectivity index (χ2v) is 4.60. The Bertz CT molecular complexity index is 172. The van der Waals surface area contributed by atoms with E-state index in [1.807, 2.05) is 41.5 Å². The first-order valence-electron chi connectivity index (χ1n) is 4.15. The third-order valence-corrected chi connectivity index (χ3v) is 1.39. The minimum atomic E-state index is -0.398. The molecular formula is C9H20N2O. The van der Waals surface area contributed by atoms with Crippen molar-refractivity contribution in [3.8, 4) is 0 Å².